The van der Waals surface area contributed by atoms with Crippen LogP contribution in [0.4, 0.5) is 10.8 Å². The van der Waals surface area contributed by atoms with E-state index in [1.165, 1.54) is 21.8 Å². The smallest absolute Gasteiger partial charge is 0.190 e. The molecule has 1 heterocycles. The van der Waals surface area contributed by atoms with Gasteiger partial charge in [0.25, 0.3) is 0 Å². The first-order chi connectivity index (χ1) is 9.85. The highest BCUT2D eigenvalue weighted by Crippen LogP contribution is 2.44. The van der Waals surface area contributed by atoms with E-state index in [1.54, 1.807) is 11.3 Å². The highest BCUT2D eigenvalue weighted by atomic mass is 32.1. The average molecular weight is 301 g/mol. The number of hydrogen-bond donors (Lipinski definition) is 1. The predicted octanol–water partition coefficient (Wildman–Crippen LogP) is 4.19. The third-order valence-corrected chi connectivity index (χ3v) is 5.45. The molecule has 0 amide bonds. The van der Waals surface area contributed by atoms with E-state index >= 15 is 0 Å². The van der Waals surface area contributed by atoms with Crippen molar-refractivity contribution in [3.05, 3.63) is 40.4 Å². The van der Waals surface area contributed by atoms with Crippen LogP contribution in [-0.4, -0.2) is 12.0 Å². The van der Waals surface area contributed by atoms with E-state index in [-0.39, 0.29) is 11.5 Å². The molecule has 1 aromatic carbocycles. The van der Waals surface area contributed by atoms with Crippen molar-refractivity contribution in [3.63, 3.8) is 0 Å². The van der Waals surface area contributed by atoms with Crippen molar-refractivity contribution in [3.8, 4) is 0 Å². The van der Waals surface area contributed by atoms with Gasteiger partial charge in [-0.1, -0.05) is 37.3 Å². The number of rotatable bonds is 2. The van der Waals surface area contributed by atoms with Crippen LogP contribution in [0.1, 0.15) is 42.4 Å². The maximum atomic E-state index is 6.35. The Morgan fingerprint density at radius 2 is 2.14 bits per heavy atom. The van der Waals surface area contributed by atoms with E-state index in [0.29, 0.717) is 0 Å². The van der Waals surface area contributed by atoms with E-state index < -0.39 is 0 Å². The number of nitrogens with zero attached hydrogens (tertiary/aromatic N) is 2. The van der Waals surface area contributed by atoms with E-state index in [1.807, 2.05) is 0 Å². The predicted molar refractivity (Wildman–Crippen MR) is 90.4 cm³/mol. The minimum Gasteiger partial charge on any atom is -0.323 e. The Balaban J connectivity index is 1.95. The van der Waals surface area contributed by atoms with Crippen LogP contribution in [-0.2, 0) is 6.42 Å². The van der Waals surface area contributed by atoms with Gasteiger partial charge in [-0.15, -0.1) is 0 Å². The second kappa shape index (κ2) is 5.11. The molecule has 1 aromatic heterocycles. The second-order valence-electron chi connectivity index (χ2n) is 6.86. The summed E-state index contributed by atoms with van der Waals surface area (Å²) in [6.45, 7) is 6.67. The monoisotopic (exact) mass is 301 g/mol. The largest absolute Gasteiger partial charge is 0.323 e. The molecule has 1 aliphatic carbocycles. The quantitative estimate of drug-likeness (QED) is 0.904. The fraction of sp³-hybridized carbons (Fsp3) is 0.471. The van der Waals surface area contributed by atoms with Crippen LogP contribution < -0.4 is 10.6 Å². The number of benzene rings is 1. The topological polar surface area (TPSA) is 42.2 Å². The zero-order valence-electron chi connectivity index (χ0n) is 13.2. The number of nitrogens with two attached hydrogens (primary N) is 1. The third kappa shape index (κ3) is 2.83. The van der Waals surface area contributed by atoms with Crippen LogP contribution in [0, 0.1) is 12.3 Å². The Morgan fingerprint density at radius 1 is 1.38 bits per heavy atom. The fourth-order valence-electron chi connectivity index (χ4n) is 3.07. The molecule has 0 bridgehead atoms. The van der Waals surface area contributed by atoms with Crippen molar-refractivity contribution in [2.75, 3.05) is 11.9 Å². The van der Waals surface area contributed by atoms with Crippen LogP contribution in [0.15, 0.2) is 24.3 Å². The zero-order valence-corrected chi connectivity index (χ0v) is 14.0. The summed E-state index contributed by atoms with van der Waals surface area (Å²) in [6.07, 6.45) is 2.06. The molecular formula is C17H23N3S. The van der Waals surface area contributed by atoms with E-state index in [9.17, 15) is 0 Å². The second-order valence-corrected chi connectivity index (χ2v) is 7.87. The molecule has 0 saturated heterocycles. The van der Waals surface area contributed by atoms with Gasteiger partial charge in [0.2, 0.25) is 0 Å². The van der Waals surface area contributed by atoms with Crippen molar-refractivity contribution < 1.29 is 0 Å². The number of thiazole rings is 1. The summed E-state index contributed by atoms with van der Waals surface area (Å²) in [4.78, 5) is 8.30. The lowest BCUT2D eigenvalue weighted by molar-refractivity contribution is 0.282. The summed E-state index contributed by atoms with van der Waals surface area (Å²) in [5, 5.41) is 1.04. The zero-order chi connectivity index (χ0) is 15.2. The number of anilines is 2. The highest BCUT2D eigenvalue weighted by Gasteiger charge is 2.33. The maximum absolute atomic E-state index is 6.35. The average Bonchev–Trinajstić information content (AvgIpc) is 2.80. The molecule has 1 atom stereocenters. The number of fused-ring (bicyclic) bond motifs is 1. The lowest BCUT2D eigenvalue weighted by Crippen LogP contribution is -2.28. The van der Waals surface area contributed by atoms with Gasteiger partial charge < -0.3 is 10.6 Å². The van der Waals surface area contributed by atoms with Crippen molar-refractivity contribution in [2.24, 2.45) is 11.1 Å². The molecule has 1 unspecified atom stereocenters. The minimum atomic E-state index is 0.126. The van der Waals surface area contributed by atoms with Gasteiger partial charge in [0, 0.05) is 23.7 Å². The minimum absolute atomic E-state index is 0.126. The van der Waals surface area contributed by atoms with Gasteiger partial charge in [0.1, 0.15) is 0 Å². The van der Waals surface area contributed by atoms with Gasteiger partial charge >= 0.3 is 0 Å². The summed E-state index contributed by atoms with van der Waals surface area (Å²) < 4.78 is 0. The summed E-state index contributed by atoms with van der Waals surface area (Å²) in [5.74, 6) is 0. The van der Waals surface area contributed by atoms with Crippen LogP contribution in [0.2, 0.25) is 0 Å². The van der Waals surface area contributed by atoms with Gasteiger partial charge in [0.05, 0.1) is 5.69 Å². The Kier molecular flexibility index (Phi) is 3.54. The SMILES string of the molecule is Cc1cccc(N(C)c2nc3c(s2)C(N)CC(C)(C)C3)c1. The number of aromatic nitrogens is 1. The number of hydrogen-bond acceptors (Lipinski definition) is 4. The lowest BCUT2D eigenvalue weighted by atomic mass is 9.77. The van der Waals surface area contributed by atoms with Gasteiger partial charge in [-0.25, -0.2) is 4.98 Å². The Bertz CT molecular complexity index is 660. The molecular weight excluding hydrogens is 278 g/mol. The van der Waals surface area contributed by atoms with Gasteiger partial charge in [-0.05, 0) is 42.9 Å². The van der Waals surface area contributed by atoms with Crippen LogP contribution in [0.5, 0.6) is 0 Å². The Labute approximate surface area is 130 Å². The summed E-state index contributed by atoms with van der Waals surface area (Å²) in [5.41, 5.74) is 10.2. The molecule has 2 N–H and O–H groups in total. The van der Waals surface area contributed by atoms with Crippen molar-refractivity contribution >= 4 is 22.2 Å². The van der Waals surface area contributed by atoms with Crippen molar-refractivity contribution in [2.45, 2.75) is 39.7 Å². The molecule has 4 heteroatoms. The fourth-order valence-corrected chi connectivity index (χ4v) is 4.14. The first kappa shape index (κ1) is 14.5. The van der Waals surface area contributed by atoms with Gasteiger partial charge in [-0.2, -0.15) is 0 Å². The molecule has 1 aliphatic rings. The first-order valence-electron chi connectivity index (χ1n) is 7.41. The normalized spacial score (nSPS) is 20.1. The Hall–Kier alpha value is -1.39. The molecule has 2 aromatic rings. The summed E-state index contributed by atoms with van der Waals surface area (Å²) in [6, 6.07) is 8.63. The van der Waals surface area contributed by atoms with E-state index in [0.717, 1.165) is 18.0 Å². The molecule has 112 valence electrons. The van der Waals surface area contributed by atoms with Crippen LogP contribution >= 0.6 is 11.3 Å². The molecule has 0 saturated carbocycles. The standard InChI is InChI=1S/C17H23N3S/c1-11-6-5-7-12(8-11)20(4)16-19-14-10-17(2,3)9-13(18)15(14)21-16/h5-8,13H,9-10,18H2,1-4H3. The molecule has 0 radical (unpaired) electrons. The Morgan fingerprint density at radius 3 is 2.86 bits per heavy atom. The molecule has 3 nitrogen and oxygen atoms in total. The van der Waals surface area contributed by atoms with E-state index in [4.69, 9.17) is 10.7 Å². The summed E-state index contributed by atoms with van der Waals surface area (Å²) in [7, 11) is 2.08. The van der Waals surface area contributed by atoms with Gasteiger partial charge in [-0.3, -0.25) is 0 Å². The molecule has 0 aliphatic heterocycles. The highest BCUT2D eigenvalue weighted by molar-refractivity contribution is 7.15. The van der Waals surface area contributed by atoms with Crippen LogP contribution in [0.25, 0.3) is 0 Å². The lowest BCUT2D eigenvalue weighted by Gasteiger charge is -2.32. The van der Waals surface area contributed by atoms with Crippen molar-refractivity contribution in [1.29, 1.82) is 0 Å². The maximum Gasteiger partial charge on any atom is 0.190 e. The molecule has 0 spiro atoms. The first-order valence-corrected chi connectivity index (χ1v) is 8.23. The van der Waals surface area contributed by atoms with Crippen LogP contribution in [0.3, 0.4) is 0 Å². The molecule has 21 heavy (non-hydrogen) atoms. The molecule has 3 rings (SSSR count). The van der Waals surface area contributed by atoms with Crippen molar-refractivity contribution in [1.82, 2.24) is 4.98 Å². The summed E-state index contributed by atoms with van der Waals surface area (Å²) >= 11 is 1.74. The van der Waals surface area contributed by atoms with Gasteiger partial charge in [0.15, 0.2) is 5.13 Å². The molecule has 0 fully saturated rings. The number of aryl methyl sites for hydroxylation is 1. The van der Waals surface area contributed by atoms with E-state index in [2.05, 4.69) is 57.0 Å². The third-order valence-electron chi connectivity index (χ3n) is 4.15.